The summed E-state index contributed by atoms with van der Waals surface area (Å²) in [6.45, 7) is 6.21. The normalized spacial score (nSPS) is 13.2. The first kappa shape index (κ1) is 72.0. The lowest BCUT2D eigenvalue weighted by atomic mass is 10.0. The minimum absolute atomic E-state index is 0.120. The summed E-state index contributed by atoms with van der Waals surface area (Å²) in [6, 6.07) is 0. The quantitative estimate of drug-likeness (QED) is 0.0261. The van der Waals surface area contributed by atoms with Crippen molar-refractivity contribution in [3.63, 3.8) is 0 Å². The molecule has 6 nitrogen and oxygen atoms in total. The SMILES string of the molecule is CC/C=C\C/C=C\C/C=C\C/C=C\C/C=C\CCCC(=O)OC(COC(=O)CCCC/C=C\C/C=C\C/C=C\C/C=C\CC)COC(=O)CCCCCCCCCCCCCCCC/C=C\C/C=C\C/C=C\C/C=C\CC. The van der Waals surface area contributed by atoms with Crippen molar-refractivity contribution in [1.29, 1.82) is 0 Å². The van der Waals surface area contributed by atoms with Crippen LogP contribution < -0.4 is 0 Å². The molecule has 0 saturated carbocycles. The summed E-state index contributed by atoms with van der Waals surface area (Å²) in [6.07, 6.45) is 92.6. The Morgan fingerprint density at radius 3 is 0.792 bits per heavy atom. The van der Waals surface area contributed by atoms with E-state index in [4.69, 9.17) is 14.2 Å². The van der Waals surface area contributed by atoms with Crippen molar-refractivity contribution in [2.24, 2.45) is 0 Å². The average molecular weight is 1060 g/mol. The zero-order valence-corrected chi connectivity index (χ0v) is 49.4. The number of allylic oxidation sites excluding steroid dienone is 26. The molecule has 0 spiro atoms. The maximum Gasteiger partial charge on any atom is 0.306 e. The van der Waals surface area contributed by atoms with Gasteiger partial charge in [-0.2, -0.15) is 0 Å². The van der Waals surface area contributed by atoms with Gasteiger partial charge in [-0.3, -0.25) is 14.4 Å². The molecule has 0 amide bonds. The van der Waals surface area contributed by atoms with Crippen LogP contribution in [-0.4, -0.2) is 37.2 Å². The van der Waals surface area contributed by atoms with Crippen LogP contribution in [0.4, 0.5) is 0 Å². The van der Waals surface area contributed by atoms with Crippen LogP contribution in [0, 0.1) is 0 Å². The Hall–Kier alpha value is -4.97. The van der Waals surface area contributed by atoms with Crippen molar-refractivity contribution in [3.8, 4) is 0 Å². The van der Waals surface area contributed by atoms with Gasteiger partial charge < -0.3 is 14.2 Å². The molecule has 0 bridgehead atoms. The fourth-order valence-corrected chi connectivity index (χ4v) is 7.99. The van der Waals surface area contributed by atoms with Crippen molar-refractivity contribution in [2.75, 3.05) is 13.2 Å². The van der Waals surface area contributed by atoms with Gasteiger partial charge in [-0.15, -0.1) is 0 Å². The van der Waals surface area contributed by atoms with Gasteiger partial charge in [0, 0.05) is 19.3 Å². The van der Waals surface area contributed by atoms with E-state index in [1.165, 1.54) is 77.0 Å². The predicted octanol–water partition coefficient (Wildman–Crippen LogP) is 21.3. The van der Waals surface area contributed by atoms with Crippen LogP contribution in [0.5, 0.6) is 0 Å². The Kier molecular flexibility index (Phi) is 59.5. The second-order valence-corrected chi connectivity index (χ2v) is 19.8. The van der Waals surface area contributed by atoms with E-state index in [0.717, 1.165) is 122 Å². The van der Waals surface area contributed by atoms with E-state index >= 15 is 0 Å². The van der Waals surface area contributed by atoms with Gasteiger partial charge in [0.25, 0.3) is 0 Å². The smallest absolute Gasteiger partial charge is 0.306 e. The van der Waals surface area contributed by atoms with E-state index in [-0.39, 0.29) is 44.0 Å². The molecule has 0 saturated heterocycles. The molecule has 1 unspecified atom stereocenters. The summed E-state index contributed by atoms with van der Waals surface area (Å²) in [5, 5.41) is 0. The standard InChI is InChI=1S/C71H112O6/c1-4-7-10-13-16-19-22-25-28-30-31-32-33-34-35-36-37-38-39-41-43-46-49-52-55-58-61-64-70(73)76-67-68(66-75-69(72)63-60-57-54-51-48-45-42-27-24-21-18-15-12-9-6-3)77-71(74)65-62-59-56-53-50-47-44-40-29-26-23-20-17-14-11-8-5-2/h7-12,16-21,25-29,31-32,42,44,47-48,51,53,56,68H,4-6,13-15,22-24,30,33-41,43,45-46,49-50,52,54-55,57-67H2,1-3H3/b10-7-,11-8-,12-9-,19-16-,20-17-,21-18-,28-25-,29-26-,32-31-,42-27-,47-44-,51-48-,56-53-. The first-order valence-corrected chi connectivity index (χ1v) is 31.0. The number of ether oxygens (including phenoxy) is 3. The Morgan fingerprint density at radius 2 is 0.481 bits per heavy atom. The molecule has 1 atom stereocenters. The topological polar surface area (TPSA) is 78.9 Å². The van der Waals surface area contributed by atoms with Crippen LogP contribution >= 0.6 is 0 Å². The molecular formula is C71H112O6. The third-order valence-electron chi connectivity index (χ3n) is 12.5. The molecule has 0 aromatic heterocycles. The zero-order chi connectivity index (χ0) is 55.7. The molecule has 0 heterocycles. The number of rotatable bonds is 54. The van der Waals surface area contributed by atoms with Crippen molar-refractivity contribution < 1.29 is 28.6 Å². The van der Waals surface area contributed by atoms with Gasteiger partial charge in [0.2, 0.25) is 0 Å². The number of hydrogen-bond donors (Lipinski definition) is 0. The molecule has 0 aliphatic rings. The van der Waals surface area contributed by atoms with Crippen LogP contribution in [0.2, 0.25) is 0 Å². The lowest BCUT2D eigenvalue weighted by Crippen LogP contribution is -2.30. The molecule has 0 rings (SSSR count). The summed E-state index contributed by atoms with van der Waals surface area (Å²) in [4.78, 5) is 38.2. The second kappa shape index (κ2) is 63.6. The van der Waals surface area contributed by atoms with Crippen LogP contribution in [0.25, 0.3) is 0 Å². The van der Waals surface area contributed by atoms with E-state index in [0.29, 0.717) is 19.3 Å². The van der Waals surface area contributed by atoms with E-state index in [9.17, 15) is 14.4 Å². The minimum Gasteiger partial charge on any atom is -0.462 e. The molecule has 0 aromatic rings. The van der Waals surface area contributed by atoms with E-state index in [1.54, 1.807) is 0 Å². The van der Waals surface area contributed by atoms with Crippen LogP contribution in [0.1, 0.15) is 252 Å². The van der Waals surface area contributed by atoms with Crippen molar-refractivity contribution in [1.82, 2.24) is 0 Å². The largest absolute Gasteiger partial charge is 0.462 e. The molecule has 0 aliphatic carbocycles. The highest BCUT2D eigenvalue weighted by Crippen LogP contribution is 2.15. The fraction of sp³-hybridized carbons (Fsp3) is 0.592. The van der Waals surface area contributed by atoms with Gasteiger partial charge in [-0.25, -0.2) is 0 Å². The molecular weight excluding hydrogens is 949 g/mol. The summed E-state index contributed by atoms with van der Waals surface area (Å²) in [5.74, 6) is -1.03. The Morgan fingerprint density at radius 1 is 0.260 bits per heavy atom. The van der Waals surface area contributed by atoms with Crippen LogP contribution in [0.15, 0.2) is 158 Å². The third kappa shape index (κ3) is 61.8. The molecule has 0 aromatic carbocycles. The number of carbonyl (C=O) groups is 3. The second-order valence-electron chi connectivity index (χ2n) is 19.8. The van der Waals surface area contributed by atoms with Gasteiger partial charge in [-0.05, 0) is 135 Å². The number of unbranched alkanes of at least 4 members (excludes halogenated alkanes) is 17. The first-order chi connectivity index (χ1) is 38.0. The van der Waals surface area contributed by atoms with Gasteiger partial charge in [0.15, 0.2) is 6.10 Å². The molecule has 0 N–H and O–H groups in total. The van der Waals surface area contributed by atoms with Crippen LogP contribution in [-0.2, 0) is 28.6 Å². The van der Waals surface area contributed by atoms with E-state index in [2.05, 4.69) is 179 Å². The molecule has 0 aliphatic heterocycles. The van der Waals surface area contributed by atoms with Gasteiger partial charge in [0.05, 0.1) is 0 Å². The Bertz CT molecular complexity index is 1740. The predicted molar refractivity (Wildman–Crippen MR) is 334 cm³/mol. The van der Waals surface area contributed by atoms with Gasteiger partial charge >= 0.3 is 17.9 Å². The van der Waals surface area contributed by atoms with Crippen LogP contribution in [0.3, 0.4) is 0 Å². The van der Waals surface area contributed by atoms with Gasteiger partial charge in [-0.1, -0.05) is 256 Å². The Labute approximate surface area is 473 Å². The highest BCUT2D eigenvalue weighted by atomic mass is 16.6. The van der Waals surface area contributed by atoms with E-state index in [1.807, 2.05) is 0 Å². The van der Waals surface area contributed by atoms with Gasteiger partial charge in [0.1, 0.15) is 13.2 Å². The monoisotopic (exact) mass is 1060 g/mol. The highest BCUT2D eigenvalue weighted by molar-refractivity contribution is 5.71. The third-order valence-corrected chi connectivity index (χ3v) is 12.5. The molecule has 0 radical (unpaired) electrons. The number of hydrogen-bond acceptors (Lipinski definition) is 6. The average Bonchev–Trinajstić information content (AvgIpc) is 3.43. The van der Waals surface area contributed by atoms with Crippen molar-refractivity contribution in [3.05, 3.63) is 158 Å². The summed E-state index contributed by atoms with van der Waals surface area (Å²) >= 11 is 0. The maximum absolute atomic E-state index is 12.9. The minimum atomic E-state index is -0.833. The summed E-state index contributed by atoms with van der Waals surface area (Å²) in [5.41, 5.74) is 0. The molecule has 77 heavy (non-hydrogen) atoms. The molecule has 6 heteroatoms. The fourth-order valence-electron chi connectivity index (χ4n) is 7.99. The number of carbonyl (C=O) groups excluding carboxylic acids is 3. The molecule has 0 fully saturated rings. The lowest BCUT2D eigenvalue weighted by molar-refractivity contribution is -0.167. The zero-order valence-electron chi connectivity index (χ0n) is 49.4. The maximum atomic E-state index is 12.9. The highest BCUT2D eigenvalue weighted by Gasteiger charge is 2.19. The molecule has 432 valence electrons. The summed E-state index contributed by atoms with van der Waals surface area (Å²) in [7, 11) is 0. The first-order valence-electron chi connectivity index (χ1n) is 31.0. The Balaban J connectivity index is 4.42. The summed E-state index contributed by atoms with van der Waals surface area (Å²) < 4.78 is 16.8. The van der Waals surface area contributed by atoms with Crippen molar-refractivity contribution in [2.45, 2.75) is 258 Å². The number of esters is 3. The van der Waals surface area contributed by atoms with Crippen molar-refractivity contribution >= 4 is 17.9 Å². The lowest BCUT2D eigenvalue weighted by Gasteiger charge is -2.18. The van der Waals surface area contributed by atoms with E-state index < -0.39 is 6.10 Å².